The zero-order valence-corrected chi connectivity index (χ0v) is 10.4. The Bertz CT molecular complexity index is 506. The van der Waals surface area contributed by atoms with Crippen LogP contribution in [-0.2, 0) is 11.0 Å². The first-order valence-electron chi connectivity index (χ1n) is 5.63. The Kier molecular flexibility index (Phi) is 4.34. The molecule has 0 radical (unpaired) electrons. The van der Waals surface area contributed by atoms with E-state index in [1.54, 1.807) is 0 Å². The van der Waals surface area contributed by atoms with E-state index in [0.29, 0.717) is 0 Å². The number of benzene rings is 1. The second-order valence-electron chi connectivity index (χ2n) is 4.19. The molecule has 3 nitrogen and oxygen atoms in total. The van der Waals surface area contributed by atoms with Gasteiger partial charge in [0.15, 0.2) is 5.78 Å². The summed E-state index contributed by atoms with van der Waals surface area (Å²) in [7, 11) is 0. The summed E-state index contributed by atoms with van der Waals surface area (Å²) >= 11 is 0. The first-order chi connectivity index (χ1) is 8.68. The van der Waals surface area contributed by atoms with Gasteiger partial charge in [-0.25, -0.2) is 0 Å². The Hall–Kier alpha value is -1.85. The Morgan fingerprint density at radius 2 is 1.89 bits per heavy atom. The van der Waals surface area contributed by atoms with Gasteiger partial charge in [0, 0.05) is 5.56 Å². The molecule has 1 atom stereocenters. The monoisotopic (exact) mass is 274 g/mol. The van der Waals surface area contributed by atoms with Crippen molar-refractivity contribution in [2.75, 3.05) is 0 Å². The standard InChI is InChI=1S/C13H13F3O3/c1-3-9(12(18)19)11(17)8-4-5-10(7(2)6-8)13(14,15)16/h4-6,9H,3H2,1-2H3,(H,18,19). The summed E-state index contributed by atoms with van der Waals surface area (Å²) in [5, 5.41) is 8.86. The van der Waals surface area contributed by atoms with Crippen LogP contribution in [0.1, 0.15) is 34.8 Å². The van der Waals surface area contributed by atoms with Crippen LogP contribution in [-0.4, -0.2) is 16.9 Å². The van der Waals surface area contributed by atoms with Crippen molar-refractivity contribution < 1.29 is 27.9 Å². The molecule has 6 heteroatoms. The van der Waals surface area contributed by atoms with Crippen LogP contribution in [0.25, 0.3) is 0 Å². The molecule has 0 aliphatic heterocycles. The summed E-state index contributed by atoms with van der Waals surface area (Å²) in [5.41, 5.74) is -0.939. The van der Waals surface area contributed by atoms with E-state index in [4.69, 9.17) is 5.11 Å². The second-order valence-corrected chi connectivity index (χ2v) is 4.19. The minimum Gasteiger partial charge on any atom is -0.481 e. The van der Waals surface area contributed by atoms with Crippen LogP contribution in [0, 0.1) is 12.8 Å². The van der Waals surface area contributed by atoms with Crippen LogP contribution < -0.4 is 0 Å². The molecule has 0 spiro atoms. The molecule has 104 valence electrons. The molecule has 0 bridgehead atoms. The number of alkyl halides is 3. The average molecular weight is 274 g/mol. The van der Waals surface area contributed by atoms with Gasteiger partial charge in [0.25, 0.3) is 0 Å². The molecule has 19 heavy (non-hydrogen) atoms. The fourth-order valence-electron chi connectivity index (χ4n) is 1.81. The van der Waals surface area contributed by atoms with E-state index < -0.39 is 29.4 Å². The summed E-state index contributed by atoms with van der Waals surface area (Å²) in [6.45, 7) is 2.77. The smallest absolute Gasteiger partial charge is 0.416 e. The van der Waals surface area contributed by atoms with Gasteiger partial charge in [0.1, 0.15) is 5.92 Å². The predicted molar refractivity (Wildman–Crippen MR) is 61.9 cm³/mol. The largest absolute Gasteiger partial charge is 0.481 e. The van der Waals surface area contributed by atoms with Gasteiger partial charge >= 0.3 is 12.1 Å². The van der Waals surface area contributed by atoms with E-state index in [0.717, 1.165) is 18.2 Å². The third kappa shape index (κ3) is 3.33. The molecule has 0 saturated heterocycles. The normalized spacial score (nSPS) is 13.1. The number of aliphatic carboxylic acids is 1. The van der Waals surface area contributed by atoms with E-state index in [1.165, 1.54) is 13.8 Å². The second kappa shape index (κ2) is 5.42. The van der Waals surface area contributed by atoms with Crippen LogP contribution >= 0.6 is 0 Å². The van der Waals surface area contributed by atoms with Crippen LogP contribution in [0.15, 0.2) is 18.2 Å². The zero-order valence-electron chi connectivity index (χ0n) is 10.4. The average Bonchev–Trinajstić information content (AvgIpc) is 2.27. The van der Waals surface area contributed by atoms with Gasteiger partial charge in [0.05, 0.1) is 5.56 Å². The highest BCUT2D eigenvalue weighted by Crippen LogP contribution is 2.32. The molecule has 1 rings (SSSR count). The first kappa shape index (κ1) is 15.2. The van der Waals surface area contributed by atoms with Crippen molar-refractivity contribution in [3.63, 3.8) is 0 Å². The fourth-order valence-corrected chi connectivity index (χ4v) is 1.81. The summed E-state index contributed by atoms with van der Waals surface area (Å²) < 4.78 is 37.7. The van der Waals surface area contributed by atoms with Gasteiger partial charge in [-0.2, -0.15) is 13.2 Å². The van der Waals surface area contributed by atoms with Gasteiger partial charge < -0.3 is 5.11 Å². The van der Waals surface area contributed by atoms with Crippen LogP contribution in [0.2, 0.25) is 0 Å². The number of Topliss-reactive ketones (excluding diaryl/α,β-unsaturated/α-hetero) is 1. The SMILES string of the molecule is CCC(C(=O)O)C(=O)c1ccc(C(F)(F)F)c(C)c1. The van der Waals surface area contributed by atoms with Crippen LogP contribution in [0.5, 0.6) is 0 Å². The summed E-state index contributed by atoms with van der Waals surface area (Å²) in [6, 6.07) is 2.90. The lowest BCUT2D eigenvalue weighted by Crippen LogP contribution is -2.23. The zero-order chi connectivity index (χ0) is 14.8. The molecule has 0 fully saturated rings. The third-order valence-corrected chi connectivity index (χ3v) is 2.84. The maximum absolute atomic E-state index is 12.6. The minimum absolute atomic E-state index is 0.0141. The van der Waals surface area contributed by atoms with E-state index >= 15 is 0 Å². The fraction of sp³-hybridized carbons (Fsp3) is 0.385. The van der Waals surface area contributed by atoms with Gasteiger partial charge in [0.2, 0.25) is 0 Å². The Labute approximate surface area is 108 Å². The minimum atomic E-state index is -4.48. The molecular formula is C13H13F3O3. The van der Waals surface area contributed by atoms with Crippen LogP contribution in [0.3, 0.4) is 0 Å². The lowest BCUT2D eigenvalue weighted by atomic mass is 9.93. The summed E-state index contributed by atoms with van der Waals surface area (Å²) in [5.74, 6) is -3.17. The summed E-state index contributed by atoms with van der Waals surface area (Å²) in [4.78, 5) is 22.7. The quantitative estimate of drug-likeness (QED) is 0.677. The lowest BCUT2D eigenvalue weighted by Gasteiger charge is -2.13. The Balaban J connectivity index is 3.14. The molecular weight excluding hydrogens is 261 g/mol. The molecule has 0 aliphatic rings. The van der Waals surface area contributed by atoms with Crippen molar-refractivity contribution in [3.05, 3.63) is 34.9 Å². The number of carbonyl (C=O) groups is 2. The number of carboxylic acids is 1. The van der Waals surface area contributed by atoms with Crippen molar-refractivity contribution in [3.8, 4) is 0 Å². The third-order valence-electron chi connectivity index (χ3n) is 2.84. The molecule has 1 aromatic rings. The molecule has 0 heterocycles. The van der Waals surface area contributed by atoms with Crippen molar-refractivity contribution in [2.45, 2.75) is 26.4 Å². The molecule has 1 N–H and O–H groups in total. The molecule has 0 amide bonds. The van der Waals surface area contributed by atoms with Crippen molar-refractivity contribution in [1.29, 1.82) is 0 Å². The number of hydrogen-bond donors (Lipinski definition) is 1. The lowest BCUT2D eigenvalue weighted by molar-refractivity contribution is -0.140. The van der Waals surface area contributed by atoms with E-state index in [1.807, 2.05) is 0 Å². The summed E-state index contributed by atoms with van der Waals surface area (Å²) in [6.07, 6.45) is -4.39. The number of carboxylic acid groups (broad SMARTS) is 1. The van der Waals surface area contributed by atoms with Crippen molar-refractivity contribution in [2.24, 2.45) is 5.92 Å². The van der Waals surface area contributed by atoms with Gasteiger partial charge in [-0.05, 0) is 31.0 Å². The topological polar surface area (TPSA) is 54.4 Å². The number of ketones is 1. The Morgan fingerprint density at radius 3 is 2.26 bits per heavy atom. The van der Waals surface area contributed by atoms with Gasteiger partial charge in [-0.3, -0.25) is 9.59 Å². The van der Waals surface area contributed by atoms with Gasteiger partial charge in [-0.15, -0.1) is 0 Å². The highest BCUT2D eigenvalue weighted by Gasteiger charge is 2.33. The maximum Gasteiger partial charge on any atom is 0.416 e. The number of rotatable bonds is 4. The van der Waals surface area contributed by atoms with Crippen molar-refractivity contribution in [1.82, 2.24) is 0 Å². The molecule has 1 aromatic carbocycles. The highest BCUT2D eigenvalue weighted by atomic mass is 19.4. The van der Waals surface area contributed by atoms with Gasteiger partial charge in [-0.1, -0.05) is 13.0 Å². The molecule has 0 aliphatic carbocycles. The number of halogens is 3. The van der Waals surface area contributed by atoms with Crippen LogP contribution in [0.4, 0.5) is 13.2 Å². The maximum atomic E-state index is 12.6. The molecule has 0 aromatic heterocycles. The predicted octanol–water partition coefficient (Wildman–Crippen LogP) is 3.31. The Morgan fingerprint density at radius 1 is 1.32 bits per heavy atom. The van der Waals surface area contributed by atoms with E-state index in [2.05, 4.69) is 0 Å². The first-order valence-corrected chi connectivity index (χ1v) is 5.63. The number of aryl methyl sites for hydroxylation is 1. The molecule has 1 unspecified atom stereocenters. The number of hydrogen-bond acceptors (Lipinski definition) is 2. The highest BCUT2D eigenvalue weighted by molar-refractivity contribution is 6.08. The van der Waals surface area contributed by atoms with E-state index in [9.17, 15) is 22.8 Å². The van der Waals surface area contributed by atoms with Crippen molar-refractivity contribution >= 4 is 11.8 Å². The number of carbonyl (C=O) groups excluding carboxylic acids is 1. The van der Waals surface area contributed by atoms with E-state index in [-0.39, 0.29) is 17.5 Å². The molecule has 0 saturated carbocycles.